The number of para-hydroxylation sites is 1. The molecule has 0 fully saturated rings. The number of amides is 2. The lowest BCUT2D eigenvalue weighted by atomic mass is 9.94. The monoisotopic (exact) mass is 314 g/mol. The average Bonchev–Trinajstić information content (AvgIpc) is 3.13. The number of hydrogen-bond acceptors (Lipinski definition) is 3. The molecule has 2 heterocycles. The van der Waals surface area contributed by atoms with Crippen molar-refractivity contribution in [3.8, 4) is 5.75 Å². The van der Waals surface area contributed by atoms with Crippen LogP contribution >= 0.6 is 0 Å². The van der Waals surface area contributed by atoms with Gasteiger partial charge in [-0.25, -0.2) is 4.79 Å². The molecular formula is C17H22N4O2. The molecule has 0 saturated carbocycles. The first kappa shape index (κ1) is 15.4. The molecular weight excluding hydrogens is 292 g/mol. The summed E-state index contributed by atoms with van der Waals surface area (Å²) >= 11 is 0. The molecule has 1 aliphatic rings. The highest BCUT2D eigenvalue weighted by atomic mass is 16.5. The van der Waals surface area contributed by atoms with Crippen LogP contribution in [0.15, 0.2) is 36.7 Å². The fourth-order valence-corrected chi connectivity index (χ4v) is 2.88. The molecule has 1 aromatic heterocycles. The van der Waals surface area contributed by atoms with E-state index in [9.17, 15) is 4.79 Å². The third-order valence-corrected chi connectivity index (χ3v) is 4.16. The van der Waals surface area contributed by atoms with Crippen LogP contribution < -0.4 is 15.4 Å². The lowest BCUT2D eigenvalue weighted by Gasteiger charge is -2.20. The van der Waals surface area contributed by atoms with Crippen molar-refractivity contribution in [2.24, 2.45) is 7.05 Å². The van der Waals surface area contributed by atoms with E-state index in [1.165, 1.54) is 0 Å². The maximum atomic E-state index is 12.0. The summed E-state index contributed by atoms with van der Waals surface area (Å²) < 4.78 is 7.43. The molecule has 0 saturated heterocycles. The van der Waals surface area contributed by atoms with E-state index in [-0.39, 0.29) is 18.0 Å². The fourth-order valence-electron chi connectivity index (χ4n) is 2.88. The summed E-state index contributed by atoms with van der Waals surface area (Å²) in [4.78, 5) is 12.0. The molecule has 1 aliphatic heterocycles. The van der Waals surface area contributed by atoms with Crippen LogP contribution in [-0.2, 0) is 13.5 Å². The van der Waals surface area contributed by atoms with E-state index in [0.717, 1.165) is 23.3 Å². The largest absolute Gasteiger partial charge is 0.493 e. The number of rotatable bonds is 5. The van der Waals surface area contributed by atoms with Crippen molar-refractivity contribution in [2.75, 3.05) is 13.2 Å². The highest BCUT2D eigenvalue weighted by molar-refractivity contribution is 5.74. The Morgan fingerprint density at radius 2 is 2.30 bits per heavy atom. The van der Waals surface area contributed by atoms with Gasteiger partial charge in [-0.1, -0.05) is 18.2 Å². The van der Waals surface area contributed by atoms with Crippen LogP contribution in [0, 0.1) is 0 Å². The number of carbonyl (C=O) groups is 1. The van der Waals surface area contributed by atoms with E-state index in [2.05, 4.69) is 21.8 Å². The summed E-state index contributed by atoms with van der Waals surface area (Å²) in [5.41, 5.74) is 2.27. The minimum Gasteiger partial charge on any atom is -0.493 e. The number of nitrogens with one attached hydrogen (secondary N) is 2. The maximum absolute atomic E-state index is 12.0. The van der Waals surface area contributed by atoms with E-state index in [0.29, 0.717) is 13.2 Å². The van der Waals surface area contributed by atoms with Crippen LogP contribution in [0.25, 0.3) is 0 Å². The van der Waals surface area contributed by atoms with Gasteiger partial charge in [0, 0.05) is 37.3 Å². The summed E-state index contributed by atoms with van der Waals surface area (Å²) in [5, 5.41) is 10.0. The summed E-state index contributed by atoms with van der Waals surface area (Å²) in [6.45, 7) is 3.20. The number of fused-ring (bicyclic) bond motifs is 1. The number of urea groups is 1. The van der Waals surface area contributed by atoms with Gasteiger partial charge in [-0.3, -0.25) is 4.68 Å². The molecule has 6 nitrogen and oxygen atoms in total. The Morgan fingerprint density at radius 1 is 1.48 bits per heavy atom. The Bertz CT molecular complexity index is 683. The molecule has 2 aromatic rings. The van der Waals surface area contributed by atoms with E-state index < -0.39 is 0 Å². The van der Waals surface area contributed by atoms with Crippen molar-refractivity contribution in [3.63, 3.8) is 0 Å². The Morgan fingerprint density at radius 3 is 3.09 bits per heavy atom. The van der Waals surface area contributed by atoms with Gasteiger partial charge >= 0.3 is 6.03 Å². The van der Waals surface area contributed by atoms with Crippen LogP contribution in [0.4, 0.5) is 4.79 Å². The molecule has 6 heteroatoms. The molecule has 2 amide bonds. The third-order valence-electron chi connectivity index (χ3n) is 4.16. The van der Waals surface area contributed by atoms with Gasteiger partial charge in [0.15, 0.2) is 0 Å². The van der Waals surface area contributed by atoms with Crippen molar-refractivity contribution >= 4 is 6.03 Å². The van der Waals surface area contributed by atoms with Crippen molar-refractivity contribution in [1.82, 2.24) is 20.4 Å². The lowest BCUT2D eigenvalue weighted by Crippen LogP contribution is -2.44. The summed E-state index contributed by atoms with van der Waals surface area (Å²) in [5.74, 6) is 1.11. The Hall–Kier alpha value is -2.50. The first-order chi connectivity index (χ1) is 11.1. The van der Waals surface area contributed by atoms with Gasteiger partial charge in [-0.15, -0.1) is 0 Å². The number of aryl methyl sites for hydroxylation is 1. The fraction of sp³-hybridized carbons (Fsp3) is 0.412. The van der Waals surface area contributed by atoms with Crippen molar-refractivity contribution < 1.29 is 9.53 Å². The van der Waals surface area contributed by atoms with Gasteiger partial charge in [0.1, 0.15) is 5.75 Å². The first-order valence-corrected chi connectivity index (χ1v) is 7.87. The number of hydrogen-bond donors (Lipinski definition) is 2. The van der Waals surface area contributed by atoms with Crippen LogP contribution in [0.2, 0.25) is 0 Å². The SMILES string of the molecule is CC(NC(=O)NCCc1cnn(C)c1)C1COc2ccccc21. The number of carbonyl (C=O) groups excluding carboxylic acids is 1. The lowest BCUT2D eigenvalue weighted by molar-refractivity contribution is 0.233. The van der Waals surface area contributed by atoms with Gasteiger partial charge in [-0.2, -0.15) is 5.10 Å². The standard InChI is InChI=1S/C17H22N4O2/c1-12(15-11-23-16-6-4-3-5-14(15)16)20-17(22)18-8-7-13-9-19-21(2)10-13/h3-6,9-10,12,15H,7-8,11H2,1-2H3,(H2,18,20,22). The summed E-state index contributed by atoms with van der Waals surface area (Å²) in [6.07, 6.45) is 4.54. The highest BCUT2D eigenvalue weighted by Crippen LogP contribution is 2.35. The van der Waals surface area contributed by atoms with Gasteiger partial charge in [-0.05, 0) is 25.0 Å². The van der Waals surface area contributed by atoms with Crippen LogP contribution in [0.3, 0.4) is 0 Å². The minimum absolute atomic E-state index is 0.0111. The molecule has 0 bridgehead atoms. The van der Waals surface area contributed by atoms with Crippen LogP contribution in [-0.4, -0.2) is 35.0 Å². The van der Waals surface area contributed by atoms with Gasteiger partial charge in [0.25, 0.3) is 0 Å². The molecule has 2 atom stereocenters. The summed E-state index contributed by atoms with van der Waals surface area (Å²) in [6, 6.07) is 7.86. The van der Waals surface area contributed by atoms with Gasteiger partial charge in [0.2, 0.25) is 0 Å². The molecule has 0 spiro atoms. The molecule has 23 heavy (non-hydrogen) atoms. The average molecular weight is 314 g/mol. The second-order valence-electron chi connectivity index (χ2n) is 5.92. The second kappa shape index (κ2) is 6.73. The zero-order chi connectivity index (χ0) is 16.2. The quantitative estimate of drug-likeness (QED) is 0.884. The molecule has 2 N–H and O–H groups in total. The number of nitrogens with zero attached hydrogens (tertiary/aromatic N) is 2. The van der Waals surface area contributed by atoms with E-state index >= 15 is 0 Å². The molecule has 3 rings (SSSR count). The summed E-state index contributed by atoms with van der Waals surface area (Å²) in [7, 11) is 1.88. The normalized spacial score (nSPS) is 17.2. The molecule has 0 aliphatic carbocycles. The van der Waals surface area contributed by atoms with Crippen molar-refractivity contribution in [2.45, 2.75) is 25.3 Å². The predicted molar refractivity (Wildman–Crippen MR) is 87.6 cm³/mol. The first-order valence-electron chi connectivity index (χ1n) is 7.87. The zero-order valence-corrected chi connectivity index (χ0v) is 13.5. The second-order valence-corrected chi connectivity index (χ2v) is 5.92. The van der Waals surface area contributed by atoms with Crippen LogP contribution in [0.1, 0.15) is 24.0 Å². The molecule has 0 radical (unpaired) electrons. The zero-order valence-electron chi connectivity index (χ0n) is 13.5. The van der Waals surface area contributed by atoms with Crippen molar-refractivity contribution in [1.29, 1.82) is 0 Å². The van der Waals surface area contributed by atoms with Gasteiger partial charge in [0.05, 0.1) is 12.8 Å². The van der Waals surface area contributed by atoms with E-state index in [1.807, 2.05) is 44.6 Å². The van der Waals surface area contributed by atoms with E-state index in [4.69, 9.17) is 4.74 Å². The molecule has 2 unspecified atom stereocenters. The smallest absolute Gasteiger partial charge is 0.315 e. The minimum atomic E-state index is -0.147. The third kappa shape index (κ3) is 3.64. The van der Waals surface area contributed by atoms with Crippen molar-refractivity contribution in [3.05, 3.63) is 47.8 Å². The Kier molecular flexibility index (Phi) is 4.50. The van der Waals surface area contributed by atoms with Crippen LogP contribution in [0.5, 0.6) is 5.75 Å². The molecule has 122 valence electrons. The number of benzene rings is 1. The van der Waals surface area contributed by atoms with E-state index in [1.54, 1.807) is 4.68 Å². The number of ether oxygens (including phenoxy) is 1. The Labute approximate surface area is 135 Å². The number of aromatic nitrogens is 2. The Balaban J connectivity index is 1.46. The van der Waals surface area contributed by atoms with Gasteiger partial charge < -0.3 is 15.4 Å². The predicted octanol–water partition coefficient (Wildman–Crippen LogP) is 1.83. The highest BCUT2D eigenvalue weighted by Gasteiger charge is 2.29. The maximum Gasteiger partial charge on any atom is 0.315 e. The molecule has 1 aromatic carbocycles. The topological polar surface area (TPSA) is 68.2 Å².